The van der Waals surface area contributed by atoms with Gasteiger partial charge in [-0.2, -0.15) is 0 Å². The first kappa shape index (κ1) is 16.2. The maximum atomic E-state index is 5.47. The minimum absolute atomic E-state index is 0.158. The van der Waals surface area contributed by atoms with Crippen molar-refractivity contribution < 1.29 is 0 Å². The molecule has 2 rings (SSSR count). The standard InChI is InChI=1S/C21H22Si/c1-6-18-11-10-12-19(17-18)15-16-22(5,21(2,3)4)20-13-8-7-9-14-20/h1,7-14,17H,2-5H3. The molecular weight excluding hydrogens is 280 g/mol. The molecule has 1 unspecified atom stereocenters. The summed E-state index contributed by atoms with van der Waals surface area (Å²) in [6, 6.07) is 18.6. The minimum Gasteiger partial charge on any atom is -0.120 e. The van der Waals surface area contributed by atoms with Crippen LogP contribution in [0.2, 0.25) is 11.6 Å². The summed E-state index contributed by atoms with van der Waals surface area (Å²) < 4.78 is 0. The highest BCUT2D eigenvalue weighted by Gasteiger charge is 2.40. The lowest BCUT2D eigenvalue weighted by molar-refractivity contribution is 0.736. The van der Waals surface area contributed by atoms with E-state index < -0.39 is 8.07 Å². The third kappa shape index (κ3) is 3.33. The van der Waals surface area contributed by atoms with E-state index in [1.807, 2.05) is 24.3 Å². The maximum Gasteiger partial charge on any atom is 0.171 e. The van der Waals surface area contributed by atoms with Gasteiger partial charge in [0.25, 0.3) is 0 Å². The Bertz CT molecular complexity index is 748. The van der Waals surface area contributed by atoms with E-state index in [-0.39, 0.29) is 5.04 Å². The molecule has 0 fully saturated rings. The summed E-state index contributed by atoms with van der Waals surface area (Å²) in [7, 11) is -1.95. The second-order valence-corrected chi connectivity index (χ2v) is 11.3. The van der Waals surface area contributed by atoms with Gasteiger partial charge in [-0.1, -0.05) is 75.6 Å². The van der Waals surface area contributed by atoms with Gasteiger partial charge in [0.1, 0.15) is 0 Å². The van der Waals surface area contributed by atoms with E-state index in [0.717, 1.165) is 11.1 Å². The summed E-state index contributed by atoms with van der Waals surface area (Å²) in [4.78, 5) is 0. The van der Waals surface area contributed by atoms with Crippen LogP contribution >= 0.6 is 0 Å². The Morgan fingerprint density at radius 2 is 1.55 bits per heavy atom. The second kappa shape index (κ2) is 6.26. The van der Waals surface area contributed by atoms with Gasteiger partial charge in [0.15, 0.2) is 8.07 Å². The van der Waals surface area contributed by atoms with Crippen molar-refractivity contribution in [1.82, 2.24) is 0 Å². The van der Waals surface area contributed by atoms with Gasteiger partial charge in [-0.25, -0.2) is 0 Å². The van der Waals surface area contributed by atoms with Crippen LogP contribution in [0.25, 0.3) is 0 Å². The first-order valence-electron chi connectivity index (χ1n) is 7.52. The van der Waals surface area contributed by atoms with Gasteiger partial charge in [0, 0.05) is 11.1 Å². The van der Waals surface area contributed by atoms with Crippen molar-refractivity contribution >= 4 is 13.3 Å². The molecule has 2 aromatic carbocycles. The van der Waals surface area contributed by atoms with Crippen LogP contribution in [0.1, 0.15) is 31.9 Å². The van der Waals surface area contributed by atoms with E-state index in [4.69, 9.17) is 6.42 Å². The Kier molecular flexibility index (Phi) is 4.60. The Hall–Kier alpha value is -2.22. The Labute approximate surface area is 135 Å². The van der Waals surface area contributed by atoms with E-state index in [1.54, 1.807) is 0 Å². The molecule has 0 saturated carbocycles. The van der Waals surface area contributed by atoms with Crippen LogP contribution in [-0.2, 0) is 0 Å². The van der Waals surface area contributed by atoms with Crippen molar-refractivity contribution in [2.24, 2.45) is 0 Å². The summed E-state index contributed by atoms with van der Waals surface area (Å²) in [6.07, 6.45) is 5.47. The van der Waals surface area contributed by atoms with Gasteiger partial charge in [-0.05, 0) is 28.4 Å². The normalized spacial score (nSPS) is 13.4. The fourth-order valence-electron chi connectivity index (χ4n) is 2.35. The van der Waals surface area contributed by atoms with Gasteiger partial charge in [-0.3, -0.25) is 0 Å². The van der Waals surface area contributed by atoms with Crippen molar-refractivity contribution in [3.8, 4) is 23.8 Å². The molecule has 0 spiro atoms. The van der Waals surface area contributed by atoms with E-state index in [0.29, 0.717) is 0 Å². The first-order valence-corrected chi connectivity index (χ1v) is 10.0. The van der Waals surface area contributed by atoms with E-state index in [2.05, 4.69) is 75.0 Å². The van der Waals surface area contributed by atoms with Gasteiger partial charge in [0.2, 0.25) is 0 Å². The summed E-state index contributed by atoms with van der Waals surface area (Å²) in [5.41, 5.74) is 5.52. The average molecular weight is 302 g/mol. The third-order valence-electron chi connectivity index (χ3n) is 4.34. The van der Waals surface area contributed by atoms with Crippen LogP contribution in [0.4, 0.5) is 0 Å². The number of hydrogen-bond acceptors (Lipinski definition) is 0. The molecule has 0 amide bonds. The van der Waals surface area contributed by atoms with E-state index >= 15 is 0 Å². The largest absolute Gasteiger partial charge is 0.171 e. The number of rotatable bonds is 1. The van der Waals surface area contributed by atoms with Crippen molar-refractivity contribution in [3.63, 3.8) is 0 Å². The third-order valence-corrected chi connectivity index (χ3v) is 9.45. The summed E-state index contributed by atoms with van der Waals surface area (Å²) in [5.74, 6) is 6.05. The molecule has 22 heavy (non-hydrogen) atoms. The molecule has 0 aliphatic carbocycles. The molecule has 1 heteroatoms. The molecule has 0 aromatic heterocycles. The lowest BCUT2D eigenvalue weighted by Crippen LogP contribution is -2.51. The Morgan fingerprint density at radius 1 is 0.909 bits per heavy atom. The minimum atomic E-state index is -1.95. The predicted molar refractivity (Wildman–Crippen MR) is 98.7 cm³/mol. The van der Waals surface area contributed by atoms with Crippen molar-refractivity contribution in [1.29, 1.82) is 0 Å². The fourth-order valence-corrected chi connectivity index (χ4v) is 4.99. The summed E-state index contributed by atoms with van der Waals surface area (Å²) in [5, 5.41) is 1.54. The monoisotopic (exact) mass is 302 g/mol. The topological polar surface area (TPSA) is 0 Å². The highest BCUT2D eigenvalue weighted by molar-refractivity contribution is 6.99. The molecule has 0 aliphatic rings. The first-order chi connectivity index (χ1) is 10.4. The van der Waals surface area contributed by atoms with Crippen LogP contribution in [0.5, 0.6) is 0 Å². The quantitative estimate of drug-likeness (QED) is 0.543. The molecule has 0 aliphatic heterocycles. The van der Waals surface area contributed by atoms with Crippen LogP contribution in [0.15, 0.2) is 54.6 Å². The predicted octanol–water partition coefficient (Wildman–Crippen LogP) is 4.34. The van der Waals surface area contributed by atoms with E-state index in [1.165, 1.54) is 5.19 Å². The van der Waals surface area contributed by atoms with E-state index in [9.17, 15) is 0 Å². The molecule has 110 valence electrons. The zero-order valence-corrected chi connectivity index (χ0v) is 14.8. The average Bonchev–Trinajstić information content (AvgIpc) is 2.52. The maximum absolute atomic E-state index is 5.47. The van der Waals surface area contributed by atoms with Gasteiger partial charge in [0.05, 0.1) is 0 Å². The lowest BCUT2D eigenvalue weighted by atomic mass is 10.1. The Morgan fingerprint density at radius 3 is 2.14 bits per heavy atom. The zero-order chi connectivity index (χ0) is 16.2. The lowest BCUT2D eigenvalue weighted by Gasteiger charge is -2.35. The highest BCUT2D eigenvalue weighted by atomic mass is 28.3. The summed E-state index contributed by atoms with van der Waals surface area (Å²) in [6.45, 7) is 9.22. The van der Waals surface area contributed by atoms with Crippen LogP contribution in [-0.4, -0.2) is 8.07 Å². The highest BCUT2D eigenvalue weighted by Crippen LogP contribution is 2.35. The fraction of sp³-hybridized carbons (Fsp3) is 0.238. The molecular formula is C21H22Si. The van der Waals surface area contributed by atoms with Gasteiger partial charge < -0.3 is 0 Å². The number of terminal acetylenes is 1. The number of hydrogen-bond donors (Lipinski definition) is 0. The number of benzene rings is 2. The smallest absolute Gasteiger partial charge is 0.120 e. The molecule has 0 N–H and O–H groups in total. The molecule has 0 bridgehead atoms. The van der Waals surface area contributed by atoms with Gasteiger partial charge in [-0.15, -0.1) is 12.0 Å². The molecule has 0 heterocycles. The van der Waals surface area contributed by atoms with Crippen LogP contribution in [0, 0.1) is 23.8 Å². The SMILES string of the molecule is C#Cc1cccc(C#C[Si](C)(c2ccccc2)C(C)(C)C)c1. The molecule has 0 radical (unpaired) electrons. The van der Waals surface area contributed by atoms with Crippen LogP contribution < -0.4 is 5.19 Å². The molecule has 2 aromatic rings. The van der Waals surface area contributed by atoms with Crippen molar-refractivity contribution in [3.05, 3.63) is 65.7 Å². The molecule has 0 nitrogen and oxygen atoms in total. The molecule has 0 saturated heterocycles. The van der Waals surface area contributed by atoms with Crippen LogP contribution in [0.3, 0.4) is 0 Å². The summed E-state index contributed by atoms with van der Waals surface area (Å²) >= 11 is 0. The molecule has 1 atom stereocenters. The zero-order valence-electron chi connectivity index (χ0n) is 13.8. The second-order valence-electron chi connectivity index (χ2n) is 6.72. The van der Waals surface area contributed by atoms with Crippen molar-refractivity contribution in [2.45, 2.75) is 32.4 Å². The van der Waals surface area contributed by atoms with Gasteiger partial charge >= 0.3 is 0 Å². The Balaban J connectivity index is 2.50. The van der Waals surface area contributed by atoms with Crippen molar-refractivity contribution in [2.75, 3.05) is 0 Å².